The fourth-order valence-corrected chi connectivity index (χ4v) is 4.73. The first-order chi connectivity index (χ1) is 15.2. The van der Waals surface area contributed by atoms with Gasteiger partial charge in [-0.3, -0.25) is 14.5 Å². The summed E-state index contributed by atoms with van der Waals surface area (Å²) < 4.78 is 5.49. The summed E-state index contributed by atoms with van der Waals surface area (Å²) in [4.78, 5) is 28.6. The molecule has 0 spiro atoms. The lowest BCUT2D eigenvalue weighted by atomic mass is 9.85. The Morgan fingerprint density at radius 2 is 1.75 bits per heavy atom. The molecule has 0 aliphatic carbocycles. The van der Waals surface area contributed by atoms with Gasteiger partial charge in [0.1, 0.15) is 17.6 Å². The van der Waals surface area contributed by atoms with Gasteiger partial charge in [0, 0.05) is 10.6 Å². The van der Waals surface area contributed by atoms with Gasteiger partial charge in [0.2, 0.25) is 0 Å². The number of hydrogen-bond acceptors (Lipinski definition) is 5. The molecule has 1 aliphatic heterocycles. The minimum atomic E-state index is -0.722. The van der Waals surface area contributed by atoms with E-state index >= 15 is 0 Å². The Kier molecular flexibility index (Phi) is 5.65. The second-order valence-corrected chi connectivity index (χ2v) is 9.66. The number of ether oxygens (including phenoxy) is 1. The monoisotopic (exact) mass is 447 g/mol. The number of para-hydroxylation sites is 1. The van der Waals surface area contributed by atoms with Crippen LogP contribution in [0.5, 0.6) is 5.75 Å². The number of benzene rings is 2. The summed E-state index contributed by atoms with van der Waals surface area (Å²) in [6.45, 7) is 6.20. The van der Waals surface area contributed by atoms with E-state index in [1.807, 2.05) is 47.8 Å². The molecule has 1 aliphatic rings. The molecule has 5 nitrogen and oxygen atoms in total. The molecule has 0 saturated carbocycles. The van der Waals surface area contributed by atoms with Crippen molar-refractivity contribution < 1.29 is 19.4 Å². The highest BCUT2D eigenvalue weighted by Gasteiger charge is 2.47. The number of carbonyl (C=O) groups excluding carboxylic acids is 2. The Bertz CT molecular complexity index is 1190. The van der Waals surface area contributed by atoms with Crippen LogP contribution < -0.4 is 9.64 Å². The molecule has 2 aromatic carbocycles. The lowest BCUT2D eigenvalue weighted by Crippen LogP contribution is -2.29. The molecule has 0 bridgehead atoms. The summed E-state index contributed by atoms with van der Waals surface area (Å²) in [5.41, 5.74) is 1.86. The van der Waals surface area contributed by atoms with Crippen molar-refractivity contribution in [2.24, 2.45) is 0 Å². The molecule has 164 valence electrons. The van der Waals surface area contributed by atoms with Crippen LogP contribution in [0.3, 0.4) is 0 Å². The Hall–Kier alpha value is -3.38. The van der Waals surface area contributed by atoms with Crippen molar-refractivity contribution in [1.82, 2.24) is 0 Å². The van der Waals surface area contributed by atoms with Gasteiger partial charge < -0.3 is 9.84 Å². The van der Waals surface area contributed by atoms with E-state index in [-0.39, 0.29) is 16.7 Å². The van der Waals surface area contributed by atoms with Crippen LogP contribution in [0, 0.1) is 0 Å². The first kappa shape index (κ1) is 21.8. The van der Waals surface area contributed by atoms with Crippen LogP contribution >= 0.6 is 11.3 Å². The number of ketones is 1. The van der Waals surface area contributed by atoms with Gasteiger partial charge in [-0.05, 0) is 46.7 Å². The lowest BCUT2D eigenvalue weighted by molar-refractivity contribution is -0.132. The summed E-state index contributed by atoms with van der Waals surface area (Å²) in [7, 11) is 1.52. The van der Waals surface area contributed by atoms with E-state index in [4.69, 9.17) is 4.74 Å². The molecule has 1 N–H and O–H groups in total. The molecule has 1 unspecified atom stereocenters. The minimum Gasteiger partial charge on any atom is -0.507 e. The summed E-state index contributed by atoms with van der Waals surface area (Å²) in [6.07, 6.45) is 0. The van der Waals surface area contributed by atoms with Gasteiger partial charge in [-0.1, -0.05) is 51.1 Å². The molecular formula is C26H25NO4S. The van der Waals surface area contributed by atoms with E-state index in [0.29, 0.717) is 17.0 Å². The largest absolute Gasteiger partial charge is 0.507 e. The zero-order valence-electron chi connectivity index (χ0n) is 18.5. The predicted octanol–water partition coefficient (Wildman–Crippen LogP) is 5.68. The maximum atomic E-state index is 13.2. The number of aliphatic hydroxyl groups excluding tert-OH is 1. The summed E-state index contributed by atoms with van der Waals surface area (Å²) in [5, 5.41) is 13.3. The Labute approximate surface area is 191 Å². The number of anilines is 1. The number of aliphatic hydroxyl groups is 1. The van der Waals surface area contributed by atoms with Crippen LogP contribution in [0.2, 0.25) is 0 Å². The fraction of sp³-hybridized carbons (Fsp3) is 0.231. The zero-order chi connectivity index (χ0) is 23.0. The molecule has 1 saturated heterocycles. The number of rotatable bonds is 4. The molecule has 1 fully saturated rings. The summed E-state index contributed by atoms with van der Waals surface area (Å²) >= 11 is 1.43. The standard InChI is InChI=1S/C26H25NO4S/c1-26(2,3)16-12-13-19(31-4)18(15-16)23(28)21-22(20-11-8-14-32-20)27(25(30)24(21)29)17-9-6-5-7-10-17/h5-15,22,28H,1-4H3/b23-21+. The summed E-state index contributed by atoms with van der Waals surface area (Å²) in [5.74, 6) is -1.18. The van der Waals surface area contributed by atoms with Crippen molar-refractivity contribution in [2.75, 3.05) is 12.0 Å². The fourth-order valence-electron chi connectivity index (χ4n) is 3.91. The maximum absolute atomic E-state index is 13.2. The molecule has 1 atom stereocenters. The highest BCUT2D eigenvalue weighted by Crippen LogP contribution is 2.44. The van der Waals surface area contributed by atoms with E-state index in [9.17, 15) is 14.7 Å². The topological polar surface area (TPSA) is 66.8 Å². The molecule has 6 heteroatoms. The normalized spacial score (nSPS) is 18.2. The number of amides is 1. The van der Waals surface area contributed by atoms with Gasteiger partial charge in [-0.15, -0.1) is 11.3 Å². The van der Waals surface area contributed by atoms with Crippen molar-refractivity contribution in [2.45, 2.75) is 32.2 Å². The Morgan fingerprint density at radius 1 is 1.03 bits per heavy atom. The van der Waals surface area contributed by atoms with Gasteiger partial charge in [-0.2, -0.15) is 0 Å². The second-order valence-electron chi connectivity index (χ2n) is 8.69. The van der Waals surface area contributed by atoms with Crippen LogP contribution in [0.4, 0.5) is 5.69 Å². The van der Waals surface area contributed by atoms with Gasteiger partial charge >= 0.3 is 0 Å². The first-order valence-electron chi connectivity index (χ1n) is 10.3. The smallest absolute Gasteiger partial charge is 0.300 e. The third-order valence-electron chi connectivity index (χ3n) is 5.61. The number of hydrogen-bond donors (Lipinski definition) is 1. The molecule has 1 aromatic heterocycles. The average Bonchev–Trinajstić information content (AvgIpc) is 3.40. The lowest BCUT2D eigenvalue weighted by Gasteiger charge is -2.25. The highest BCUT2D eigenvalue weighted by molar-refractivity contribution is 7.10. The maximum Gasteiger partial charge on any atom is 0.300 e. The van der Waals surface area contributed by atoms with Crippen molar-refractivity contribution in [3.63, 3.8) is 0 Å². The zero-order valence-corrected chi connectivity index (χ0v) is 19.3. The van der Waals surface area contributed by atoms with Gasteiger partial charge in [-0.25, -0.2) is 0 Å². The van der Waals surface area contributed by atoms with Crippen molar-refractivity contribution in [3.8, 4) is 5.75 Å². The Morgan fingerprint density at radius 3 is 2.34 bits per heavy atom. The van der Waals surface area contributed by atoms with E-state index in [0.717, 1.165) is 10.4 Å². The molecule has 32 heavy (non-hydrogen) atoms. The predicted molar refractivity (Wildman–Crippen MR) is 127 cm³/mol. The van der Waals surface area contributed by atoms with Gasteiger partial charge in [0.25, 0.3) is 11.7 Å². The van der Waals surface area contributed by atoms with E-state index in [1.165, 1.54) is 23.3 Å². The molecule has 1 amide bonds. The van der Waals surface area contributed by atoms with Crippen LogP contribution in [-0.4, -0.2) is 23.9 Å². The molecule has 0 radical (unpaired) electrons. The van der Waals surface area contributed by atoms with Gasteiger partial charge in [0.05, 0.1) is 18.2 Å². The van der Waals surface area contributed by atoms with Crippen LogP contribution in [0.15, 0.2) is 71.6 Å². The van der Waals surface area contributed by atoms with Crippen molar-refractivity contribution >= 4 is 34.5 Å². The summed E-state index contributed by atoms with van der Waals surface area (Å²) in [6, 6.07) is 17.6. The molecule has 2 heterocycles. The van der Waals surface area contributed by atoms with Crippen LogP contribution in [0.1, 0.15) is 42.8 Å². The van der Waals surface area contributed by atoms with E-state index in [1.54, 1.807) is 18.2 Å². The van der Waals surface area contributed by atoms with E-state index < -0.39 is 17.7 Å². The number of thiophene rings is 1. The van der Waals surface area contributed by atoms with Gasteiger partial charge in [0.15, 0.2) is 0 Å². The molecular weight excluding hydrogens is 422 g/mol. The van der Waals surface area contributed by atoms with Crippen LogP contribution in [0.25, 0.3) is 5.76 Å². The molecule has 3 aromatic rings. The number of carbonyl (C=O) groups is 2. The third-order valence-corrected chi connectivity index (χ3v) is 6.54. The first-order valence-corrected chi connectivity index (χ1v) is 11.2. The van der Waals surface area contributed by atoms with Crippen LogP contribution in [-0.2, 0) is 15.0 Å². The minimum absolute atomic E-state index is 0.0608. The Balaban J connectivity index is 1.97. The molecule has 4 rings (SSSR count). The average molecular weight is 448 g/mol. The quantitative estimate of drug-likeness (QED) is 0.317. The number of Topliss-reactive ketones (excluding diaryl/α,β-unsaturated/α-hetero) is 1. The van der Waals surface area contributed by atoms with E-state index in [2.05, 4.69) is 20.8 Å². The number of nitrogens with zero attached hydrogens (tertiary/aromatic N) is 1. The second kappa shape index (κ2) is 8.28. The SMILES string of the molecule is COc1ccc(C(C)(C)C)cc1/C(O)=C1\C(=O)C(=O)N(c2ccccc2)C1c1cccs1. The highest BCUT2D eigenvalue weighted by atomic mass is 32.1. The van der Waals surface area contributed by atoms with Crippen molar-refractivity contribution in [1.29, 1.82) is 0 Å². The third kappa shape index (κ3) is 3.71. The number of methoxy groups -OCH3 is 1. The van der Waals surface area contributed by atoms with Crippen molar-refractivity contribution in [3.05, 3.63) is 87.6 Å².